The summed E-state index contributed by atoms with van der Waals surface area (Å²) in [4.78, 5) is 10.6. The Morgan fingerprint density at radius 2 is 2.08 bits per heavy atom. The van der Waals surface area contributed by atoms with Crippen LogP contribution in [0.5, 0.6) is 0 Å². The van der Waals surface area contributed by atoms with Crippen molar-refractivity contribution in [3.63, 3.8) is 0 Å². The lowest BCUT2D eigenvalue weighted by atomic mass is 9.76. The maximum atomic E-state index is 10.6. The lowest BCUT2D eigenvalue weighted by Gasteiger charge is -2.29. The molecule has 1 aliphatic carbocycles. The van der Waals surface area contributed by atoms with E-state index in [0.717, 1.165) is 6.42 Å². The zero-order chi connectivity index (χ0) is 9.35. The van der Waals surface area contributed by atoms with Crippen LogP contribution in [0.2, 0.25) is 0 Å². The molecule has 68 valence electrons. The lowest BCUT2D eigenvalue weighted by molar-refractivity contribution is -0.133. The summed E-state index contributed by atoms with van der Waals surface area (Å²) in [5.74, 6) is -0.929. The van der Waals surface area contributed by atoms with Crippen molar-refractivity contribution in [2.45, 2.75) is 33.1 Å². The molecule has 0 heterocycles. The predicted molar refractivity (Wildman–Crippen MR) is 44.9 cm³/mol. The molecule has 3 heteroatoms. The fourth-order valence-corrected chi connectivity index (χ4v) is 1.48. The van der Waals surface area contributed by atoms with Crippen molar-refractivity contribution in [2.24, 2.45) is 5.41 Å². The van der Waals surface area contributed by atoms with E-state index in [1.807, 2.05) is 13.8 Å². The van der Waals surface area contributed by atoms with Crippen LogP contribution in [0.15, 0.2) is 11.3 Å². The van der Waals surface area contributed by atoms with Gasteiger partial charge in [0.25, 0.3) is 0 Å². The van der Waals surface area contributed by atoms with E-state index in [0.29, 0.717) is 12.8 Å². The second kappa shape index (κ2) is 2.81. The van der Waals surface area contributed by atoms with Crippen molar-refractivity contribution in [3.05, 3.63) is 11.3 Å². The van der Waals surface area contributed by atoms with Gasteiger partial charge >= 0.3 is 5.97 Å². The Hall–Kier alpha value is -0.990. The summed E-state index contributed by atoms with van der Waals surface area (Å²) in [5, 5.41) is 18.0. The topological polar surface area (TPSA) is 57.5 Å². The molecule has 12 heavy (non-hydrogen) atoms. The van der Waals surface area contributed by atoms with Crippen molar-refractivity contribution in [1.82, 2.24) is 0 Å². The van der Waals surface area contributed by atoms with Crippen molar-refractivity contribution < 1.29 is 15.0 Å². The van der Waals surface area contributed by atoms with Crippen molar-refractivity contribution in [3.8, 4) is 0 Å². The van der Waals surface area contributed by atoms with Crippen LogP contribution in [-0.2, 0) is 4.79 Å². The molecule has 0 fully saturated rings. The van der Waals surface area contributed by atoms with Gasteiger partial charge in [0.15, 0.2) is 0 Å². The van der Waals surface area contributed by atoms with Crippen molar-refractivity contribution in [1.29, 1.82) is 0 Å². The van der Waals surface area contributed by atoms with Crippen LogP contribution in [0, 0.1) is 5.41 Å². The van der Waals surface area contributed by atoms with Crippen molar-refractivity contribution >= 4 is 5.97 Å². The Morgan fingerprint density at radius 1 is 1.50 bits per heavy atom. The minimum Gasteiger partial charge on any atom is -0.512 e. The summed E-state index contributed by atoms with van der Waals surface area (Å²) in [6.07, 6.45) is 1.82. The minimum atomic E-state index is -0.986. The van der Waals surface area contributed by atoms with Crippen LogP contribution in [0.4, 0.5) is 0 Å². The highest BCUT2D eigenvalue weighted by Crippen LogP contribution is 2.37. The molecule has 0 saturated heterocycles. The van der Waals surface area contributed by atoms with Gasteiger partial charge < -0.3 is 10.2 Å². The third kappa shape index (κ3) is 1.78. The maximum Gasteiger partial charge on any atom is 0.334 e. The van der Waals surface area contributed by atoms with Crippen LogP contribution in [0.1, 0.15) is 33.1 Å². The SMILES string of the molecule is CC1(C)CCC(O)=C(C(=O)O)C1. The van der Waals surface area contributed by atoms with Gasteiger partial charge in [-0.1, -0.05) is 13.8 Å². The Labute approximate surface area is 71.7 Å². The number of carboxylic acid groups (broad SMARTS) is 1. The molecular formula is C9H14O3. The number of aliphatic hydroxyl groups excluding tert-OH is 1. The van der Waals surface area contributed by atoms with Crippen molar-refractivity contribution in [2.75, 3.05) is 0 Å². The Kier molecular flexibility index (Phi) is 2.13. The quantitative estimate of drug-likeness (QED) is 0.633. The molecule has 0 aromatic carbocycles. The van der Waals surface area contributed by atoms with E-state index in [1.54, 1.807) is 0 Å². The first-order valence-electron chi connectivity index (χ1n) is 4.07. The highest BCUT2D eigenvalue weighted by Gasteiger charge is 2.30. The minimum absolute atomic E-state index is 0.0138. The number of rotatable bonds is 1. The first-order valence-corrected chi connectivity index (χ1v) is 4.07. The summed E-state index contributed by atoms with van der Waals surface area (Å²) in [7, 11) is 0. The monoisotopic (exact) mass is 170 g/mol. The fraction of sp³-hybridized carbons (Fsp3) is 0.667. The summed E-state index contributed by atoms with van der Waals surface area (Å²) < 4.78 is 0. The molecule has 2 N–H and O–H groups in total. The number of allylic oxidation sites excluding steroid dienone is 1. The maximum absolute atomic E-state index is 10.6. The van der Waals surface area contributed by atoms with Crippen LogP contribution >= 0.6 is 0 Å². The molecule has 0 aromatic rings. The van der Waals surface area contributed by atoms with Gasteiger partial charge in [0.05, 0.1) is 5.57 Å². The molecular weight excluding hydrogens is 156 g/mol. The summed E-state index contributed by atoms with van der Waals surface area (Å²) in [6, 6.07) is 0. The molecule has 0 saturated carbocycles. The number of aliphatic carboxylic acids is 1. The average molecular weight is 170 g/mol. The van der Waals surface area contributed by atoms with Gasteiger partial charge in [0.1, 0.15) is 5.76 Å². The van der Waals surface area contributed by atoms with Gasteiger partial charge in [-0.2, -0.15) is 0 Å². The molecule has 0 aromatic heterocycles. The zero-order valence-electron chi connectivity index (χ0n) is 7.42. The van der Waals surface area contributed by atoms with Crippen LogP contribution in [0.25, 0.3) is 0 Å². The third-order valence-electron chi connectivity index (χ3n) is 2.30. The Bertz CT molecular complexity index is 238. The molecule has 0 atom stereocenters. The first-order chi connectivity index (χ1) is 5.42. The van der Waals surface area contributed by atoms with E-state index < -0.39 is 5.97 Å². The largest absolute Gasteiger partial charge is 0.512 e. The molecule has 0 radical (unpaired) electrons. The molecule has 3 nitrogen and oxygen atoms in total. The smallest absolute Gasteiger partial charge is 0.334 e. The van der Waals surface area contributed by atoms with Gasteiger partial charge in [0.2, 0.25) is 0 Å². The van der Waals surface area contributed by atoms with Gasteiger partial charge in [-0.25, -0.2) is 4.79 Å². The fourth-order valence-electron chi connectivity index (χ4n) is 1.48. The van der Waals surface area contributed by atoms with Gasteiger partial charge in [-0.3, -0.25) is 0 Å². The first kappa shape index (κ1) is 9.10. The van der Waals surface area contributed by atoms with E-state index in [1.165, 1.54) is 0 Å². The second-order valence-corrected chi connectivity index (χ2v) is 4.07. The number of aliphatic hydroxyl groups is 1. The van der Waals surface area contributed by atoms with E-state index in [2.05, 4.69) is 0 Å². The highest BCUT2D eigenvalue weighted by molar-refractivity contribution is 5.87. The molecule has 0 amide bonds. The van der Waals surface area contributed by atoms with E-state index in [4.69, 9.17) is 5.11 Å². The van der Waals surface area contributed by atoms with Gasteiger partial charge in [-0.15, -0.1) is 0 Å². The molecule has 0 unspecified atom stereocenters. The number of carbonyl (C=O) groups is 1. The average Bonchev–Trinajstić information content (AvgIpc) is 1.94. The van der Waals surface area contributed by atoms with Crippen LogP contribution < -0.4 is 0 Å². The molecule has 0 bridgehead atoms. The molecule has 0 spiro atoms. The highest BCUT2D eigenvalue weighted by atomic mass is 16.4. The Morgan fingerprint density at radius 3 is 2.50 bits per heavy atom. The number of carboxylic acids is 1. The van der Waals surface area contributed by atoms with Gasteiger partial charge in [0, 0.05) is 6.42 Å². The summed E-state index contributed by atoms with van der Waals surface area (Å²) in [5.41, 5.74) is 0.200. The Balaban J connectivity index is 2.89. The van der Waals surface area contributed by atoms with E-state index in [-0.39, 0.29) is 16.7 Å². The van der Waals surface area contributed by atoms with Gasteiger partial charge in [-0.05, 0) is 18.3 Å². The summed E-state index contributed by atoms with van der Waals surface area (Å²) in [6.45, 7) is 4.03. The third-order valence-corrected chi connectivity index (χ3v) is 2.30. The summed E-state index contributed by atoms with van der Waals surface area (Å²) >= 11 is 0. The molecule has 1 rings (SSSR count). The van der Waals surface area contributed by atoms with E-state index >= 15 is 0 Å². The lowest BCUT2D eigenvalue weighted by Crippen LogP contribution is -2.22. The predicted octanol–water partition coefficient (Wildman–Crippen LogP) is 2.09. The molecule has 0 aliphatic heterocycles. The second-order valence-electron chi connectivity index (χ2n) is 4.07. The number of hydrogen-bond donors (Lipinski definition) is 2. The zero-order valence-corrected chi connectivity index (χ0v) is 7.42. The van der Waals surface area contributed by atoms with Crippen LogP contribution in [-0.4, -0.2) is 16.2 Å². The standard InChI is InChI=1S/C9H14O3/c1-9(2)4-3-7(10)6(5-9)8(11)12/h10H,3-5H2,1-2H3,(H,11,12). The van der Waals surface area contributed by atoms with Crippen LogP contribution in [0.3, 0.4) is 0 Å². The number of hydrogen-bond acceptors (Lipinski definition) is 2. The normalized spacial score (nSPS) is 22.5. The molecule has 1 aliphatic rings. The van der Waals surface area contributed by atoms with E-state index in [9.17, 15) is 9.90 Å².